The molecule has 2 aliphatic heterocycles. The van der Waals surface area contributed by atoms with E-state index < -0.39 is 51.5 Å². The second-order valence-corrected chi connectivity index (χ2v) is 7.92. The van der Waals surface area contributed by atoms with Crippen LogP contribution in [0.5, 0.6) is 11.8 Å². The molecule has 2 N–H and O–H groups in total. The molecule has 3 heterocycles. The van der Waals surface area contributed by atoms with E-state index in [1.807, 2.05) is 0 Å². The summed E-state index contributed by atoms with van der Waals surface area (Å²) in [7, 11) is 0. The highest BCUT2D eigenvalue weighted by atomic mass is 35.5. The Labute approximate surface area is 167 Å². The molecular formula is C19H14ClF3N2O4. The molecule has 0 aliphatic carbocycles. The number of benzene rings is 1. The Bertz CT molecular complexity index is 1120. The molecule has 2 aromatic rings. The molecule has 3 atom stereocenters. The first-order valence-electron chi connectivity index (χ1n) is 8.51. The minimum absolute atomic E-state index is 0.116. The van der Waals surface area contributed by atoms with Crippen molar-refractivity contribution in [2.45, 2.75) is 37.6 Å². The number of alkyl halides is 3. The van der Waals surface area contributed by atoms with Gasteiger partial charge < -0.3 is 14.9 Å². The van der Waals surface area contributed by atoms with E-state index in [1.54, 1.807) is 13.8 Å². The number of carbonyl (C=O) groups excluding carboxylic acids is 1. The molecule has 29 heavy (non-hydrogen) atoms. The predicted molar refractivity (Wildman–Crippen MR) is 95.1 cm³/mol. The van der Waals surface area contributed by atoms with Gasteiger partial charge in [-0.2, -0.15) is 13.2 Å². The van der Waals surface area contributed by atoms with Crippen LogP contribution >= 0.6 is 11.6 Å². The van der Waals surface area contributed by atoms with Gasteiger partial charge in [-0.15, -0.1) is 0 Å². The summed E-state index contributed by atoms with van der Waals surface area (Å²) < 4.78 is 46.8. The van der Waals surface area contributed by atoms with Gasteiger partial charge in [0.2, 0.25) is 17.0 Å². The summed E-state index contributed by atoms with van der Waals surface area (Å²) in [4.78, 5) is 14.7. The molecule has 10 heteroatoms. The van der Waals surface area contributed by atoms with Crippen LogP contribution in [-0.2, 0) is 26.9 Å². The number of fused-ring (bicyclic) bond motifs is 5. The van der Waals surface area contributed by atoms with Crippen LogP contribution < -0.4 is 0 Å². The zero-order chi connectivity index (χ0) is 21.5. The Balaban J connectivity index is 1.97. The third kappa shape index (κ3) is 2.42. The molecule has 0 spiro atoms. The maximum Gasteiger partial charge on any atom is 0.407 e. The monoisotopic (exact) mass is 426 g/mol. The first-order valence-corrected chi connectivity index (χ1v) is 8.89. The van der Waals surface area contributed by atoms with Crippen molar-refractivity contribution in [1.82, 2.24) is 4.57 Å². The lowest BCUT2D eigenvalue weighted by atomic mass is 9.73. The minimum Gasteiger partial charge on any atom is -0.494 e. The van der Waals surface area contributed by atoms with Crippen LogP contribution in [-0.4, -0.2) is 20.0 Å². The maximum atomic E-state index is 13.3. The molecule has 2 aliphatic rings. The zero-order valence-electron chi connectivity index (χ0n) is 15.1. The number of rotatable bonds is 2. The summed E-state index contributed by atoms with van der Waals surface area (Å²) in [6, 6.07) is 2.84. The number of hydrogen-bond acceptors (Lipinski definition) is 4. The summed E-state index contributed by atoms with van der Waals surface area (Å²) >= 11 is 5.69. The van der Waals surface area contributed by atoms with Gasteiger partial charge in [0.05, 0.1) is 40.5 Å². The van der Waals surface area contributed by atoms with Gasteiger partial charge in [-0.05, 0) is 44.0 Å². The SMILES string of the molecule is [C-]#[N+]c1ccc(-n2c(O)c3c(c2O)C2(C)OC3(C)C[C@H]2C(=O)Cl)cc1C(F)(F)F. The van der Waals surface area contributed by atoms with E-state index in [-0.39, 0.29) is 23.2 Å². The van der Waals surface area contributed by atoms with E-state index in [9.17, 15) is 28.2 Å². The maximum absolute atomic E-state index is 13.3. The molecular weight excluding hydrogens is 413 g/mol. The van der Waals surface area contributed by atoms with E-state index in [1.165, 1.54) is 6.07 Å². The first kappa shape index (κ1) is 19.6. The summed E-state index contributed by atoms with van der Waals surface area (Å²) in [6.07, 6.45) is -4.65. The van der Waals surface area contributed by atoms with Crippen LogP contribution in [0.25, 0.3) is 10.5 Å². The molecule has 1 aromatic carbocycles. The molecule has 0 saturated carbocycles. The fourth-order valence-corrected chi connectivity index (χ4v) is 4.88. The summed E-state index contributed by atoms with van der Waals surface area (Å²) in [5.74, 6) is -1.83. The number of hydrogen-bond donors (Lipinski definition) is 2. The molecule has 1 aromatic heterocycles. The van der Waals surface area contributed by atoms with Gasteiger partial charge >= 0.3 is 6.18 Å². The highest BCUT2D eigenvalue weighted by molar-refractivity contribution is 6.64. The normalized spacial score (nSPS) is 27.7. The van der Waals surface area contributed by atoms with Gasteiger partial charge in [0.1, 0.15) is 5.60 Å². The fraction of sp³-hybridized carbons (Fsp3) is 0.368. The Morgan fingerprint density at radius 3 is 2.48 bits per heavy atom. The van der Waals surface area contributed by atoms with Gasteiger partial charge in [-0.1, -0.05) is 6.07 Å². The highest BCUT2D eigenvalue weighted by Gasteiger charge is 2.66. The van der Waals surface area contributed by atoms with E-state index >= 15 is 0 Å². The van der Waals surface area contributed by atoms with Crippen molar-refractivity contribution < 1.29 is 32.9 Å². The second kappa shape index (κ2) is 5.68. The Morgan fingerprint density at radius 1 is 1.31 bits per heavy atom. The topological polar surface area (TPSA) is 76.1 Å². The third-order valence-electron chi connectivity index (χ3n) is 5.78. The smallest absolute Gasteiger partial charge is 0.407 e. The Kier molecular flexibility index (Phi) is 3.84. The van der Waals surface area contributed by atoms with E-state index in [0.717, 1.165) is 10.6 Å². The van der Waals surface area contributed by atoms with Crippen LogP contribution in [0.2, 0.25) is 0 Å². The predicted octanol–water partition coefficient (Wildman–Crippen LogP) is 4.70. The number of aromatic nitrogens is 1. The average Bonchev–Trinajstić information content (AvgIpc) is 3.15. The average molecular weight is 427 g/mol. The van der Waals surface area contributed by atoms with Gasteiger partial charge in [0, 0.05) is 0 Å². The first-order chi connectivity index (χ1) is 13.3. The van der Waals surface area contributed by atoms with Crippen molar-refractivity contribution >= 4 is 22.5 Å². The van der Waals surface area contributed by atoms with Crippen LogP contribution in [0, 0.1) is 12.5 Å². The third-order valence-corrected chi connectivity index (χ3v) is 6.04. The number of aromatic hydroxyl groups is 2. The Hall–Kier alpha value is -2.70. The second-order valence-electron chi connectivity index (χ2n) is 7.54. The van der Waals surface area contributed by atoms with Crippen molar-refractivity contribution in [3.63, 3.8) is 0 Å². The molecule has 0 radical (unpaired) electrons. The van der Waals surface area contributed by atoms with Gasteiger partial charge in [-0.3, -0.25) is 9.36 Å². The molecule has 2 unspecified atom stereocenters. The van der Waals surface area contributed by atoms with Gasteiger partial charge in [0.15, 0.2) is 5.69 Å². The highest BCUT2D eigenvalue weighted by Crippen LogP contribution is 2.66. The molecule has 1 saturated heterocycles. The van der Waals surface area contributed by atoms with E-state index in [2.05, 4.69) is 4.85 Å². The van der Waals surface area contributed by atoms with Gasteiger partial charge in [0.25, 0.3) is 0 Å². The van der Waals surface area contributed by atoms with Gasteiger partial charge in [-0.25, -0.2) is 4.85 Å². The summed E-state index contributed by atoms with van der Waals surface area (Å²) in [6.45, 7) is 10.1. The summed E-state index contributed by atoms with van der Waals surface area (Å²) in [5, 5.41) is 21.0. The van der Waals surface area contributed by atoms with Crippen molar-refractivity contribution in [3.05, 3.63) is 46.3 Å². The number of ether oxygens (including phenoxy) is 1. The van der Waals surface area contributed by atoms with Crippen LogP contribution in [0.1, 0.15) is 37.0 Å². The van der Waals surface area contributed by atoms with Crippen LogP contribution in [0.3, 0.4) is 0 Å². The van der Waals surface area contributed by atoms with Crippen molar-refractivity contribution in [2.75, 3.05) is 0 Å². The van der Waals surface area contributed by atoms with Crippen LogP contribution in [0.4, 0.5) is 18.9 Å². The summed E-state index contributed by atoms with van der Waals surface area (Å²) in [5.41, 5.74) is -4.14. The quantitative estimate of drug-likeness (QED) is 0.539. The molecule has 4 rings (SSSR count). The molecule has 1 fully saturated rings. The van der Waals surface area contributed by atoms with E-state index in [0.29, 0.717) is 6.07 Å². The van der Waals surface area contributed by atoms with Crippen molar-refractivity contribution in [1.29, 1.82) is 0 Å². The lowest BCUT2D eigenvalue weighted by molar-refractivity contribution is -0.136. The lowest BCUT2D eigenvalue weighted by Gasteiger charge is -2.26. The zero-order valence-corrected chi connectivity index (χ0v) is 15.9. The number of nitrogens with zero attached hydrogens (tertiary/aromatic N) is 2. The van der Waals surface area contributed by atoms with Crippen molar-refractivity contribution in [2.24, 2.45) is 5.92 Å². The number of halogens is 4. The van der Waals surface area contributed by atoms with Crippen LogP contribution in [0.15, 0.2) is 18.2 Å². The molecule has 2 bridgehead atoms. The lowest BCUT2D eigenvalue weighted by Crippen LogP contribution is -2.32. The molecule has 152 valence electrons. The standard InChI is InChI=1S/C19H14ClF3N2O4/c1-17-7-10(14(20)26)18(2,29-17)13-12(17)15(27)25(16(13)28)8-4-5-11(24-3)9(6-8)19(21,22)23/h4-6,10,27-28H,7H2,1-2H3/t10-,17?,18?/m0/s1. The minimum atomic E-state index is -4.80. The Morgan fingerprint density at radius 2 is 1.93 bits per heavy atom. The molecule has 6 nitrogen and oxygen atoms in total. The largest absolute Gasteiger partial charge is 0.494 e. The van der Waals surface area contributed by atoms with E-state index in [4.69, 9.17) is 22.9 Å². The molecule has 0 amide bonds. The van der Waals surface area contributed by atoms with Crippen molar-refractivity contribution in [3.8, 4) is 17.4 Å². The number of carbonyl (C=O) groups is 1. The fourth-order valence-electron chi connectivity index (χ4n) is 4.59.